The van der Waals surface area contributed by atoms with E-state index in [0.29, 0.717) is 6.04 Å². The van der Waals surface area contributed by atoms with Crippen molar-refractivity contribution in [3.8, 4) is 0 Å². The van der Waals surface area contributed by atoms with E-state index in [-0.39, 0.29) is 29.9 Å². The van der Waals surface area contributed by atoms with Crippen LogP contribution in [0.2, 0.25) is 0 Å². The monoisotopic (exact) mass is 370 g/mol. The lowest BCUT2D eigenvalue weighted by Crippen LogP contribution is -2.53. The highest BCUT2D eigenvalue weighted by Crippen LogP contribution is 2.26. The second-order valence-corrected chi connectivity index (χ2v) is 8.10. The van der Waals surface area contributed by atoms with E-state index in [2.05, 4.69) is 16.2 Å². The minimum Gasteiger partial charge on any atom is -0.352 e. The van der Waals surface area contributed by atoms with Crippen molar-refractivity contribution in [2.45, 2.75) is 75.5 Å². The molecule has 27 heavy (non-hydrogen) atoms. The zero-order valence-electron chi connectivity index (χ0n) is 15.8. The van der Waals surface area contributed by atoms with Gasteiger partial charge in [-0.05, 0) is 50.7 Å². The predicted molar refractivity (Wildman–Crippen MR) is 104 cm³/mol. The summed E-state index contributed by atoms with van der Waals surface area (Å²) in [6.07, 6.45) is 8.48. The summed E-state index contributed by atoms with van der Waals surface area (Å²) in [4.78, 5) is 27.6. The van der Waals surface area contributed by atoms with Crippen molar-refractivity contribution in [2.75, 3.05) is 6.54 Å². The number of rotatable bonds is 4. The number of hydrogen-bond acceptors (Lipinski definition) is 4. The molecule has 1 aliphatic carbocycles. The molecule has 2 saturated heterocycles. The molecule has 4 rings (SSSR count). The van der Waals surface area contributed by atoms with Gasteiger partial charge in [-0.15, -0.1) is 0 Å². The Morgan fingerprint density at radius 1 is 0.963 bits per heavy atom. The second kappa shape index (κ2) is 8.40. The lowest BCUT2D eigenvalue weighted by atomic mass is 9.92. The lowest BCUT2D eigenvalue weighted by Gasteiger charge is -2.39. The van der Waals surface area contributed by atoms with E-state index < -0.39 is 0 Å². The fourth-order valence-electron chi connectivity index (χ4n) is 4.75. The van der Waals surface area contributed by atoms with Gasteiger partial charge in [0, 0.05) is 30.2 Å². The Balaban J connectivity index is 1.39. The predicted octanol–water partition coefficient (Wildman–Crippen LogP) is 1.98. The summed E-state index contributed by atoms with van der Waals surface area (Å²) >= 11 is 0. The van der Waals surface area contributed by atoms with E-state index >= 15 is 0 Å². The molecule has 2 amide bonds. The third-order valence-corrected chi connectivity index (χ3v) is 6.25. The molecule has 3 aliphatic rings. The summed E-state index contributed by atoms with van der Waals surface area (Å²) in [5.74, 6) is 0.189. The Bertz CT molecular complexity index is 659. The van der Waals surface area contributed by atoms with Gasteiger partial charge in [0.2, 0.25) is 5.91 Å². The van der Waals surface area contributed by atoms with E-state index in [1.165, 1.54) is 12.8 Å². The van der Waals surface area contributed by atoms with E-state index in [0.717, 1.165) is 50.6 Å². The van der Waals surface area contributed by atoms with Crippen molar-refractivity contribution in [3.05, 3.63) is 35.9 Å². The summed E-state index contributed by atoms with van der Waals surface area (Å²) in [5.41, 5.74) is 7.23. The molecule has 6 heteroatoms. The van der Waals surface area contributed by atoms with Crippen molar-refractivity contribution in [1.82, 2.24) is 21.1 Å². The van der Waals surface area contributed by atoms with E-state index in [9.17, 15) is 9.59 Å². The third-order valence-electron chi connectivity index (χ3n) is 6.25. The fourth-order valence-corrected chi connectivity index (χ4v) is 4.75. The summed E-state index contributed by atoms with van der Waals surface area (Å²) in [6, 6.07) is 9.87. The standard InChI is InChI=1S/C21H30N4O2/c26-20(22-16-10-4-5-11-16)18-14-17(23-24-18)19-12-6-7-13-25(19)21(27)15-8-2-1-3-9-15/h1-3,8-9,16-19,23-24H,4-7,10-14H2,(H,22,26). The quantitative estimate of drug-likeness (QED) is 0.758. The molecule has 0 spiro atoms. The Labute approximate surface area is 161 Å². The van der Waals surface area contributed by atoms with E-state index in [4.69, 9.17) is 0 Å². The Hall–Kier alpha value is -1.92. The first-order valence-corrected chi connectivity index (χ1v) is 10.4. The Morgan fingerprint density at radius 3 is 2.48 bits per heavy atom. The van der Waals surface area contributed by atoms with Gasteiger partial charge >= 0.3 is 0 Å². The second-order valence-electron chi connectivity index (χ2n) is 8.10. The molecular weight excluding hydrogens is 340 g/mol. The maximum Gasteiger partial charge on any atom is 0.254 e. The van der Waals surface area contributed by atoms with Gasteiger partial charge in [-0.1, -0.05) is 31.0 Å². The molecular formula is C21H30N4O2. The molecule has 3 atom stereocenters. The van der Waals surface area contributed by atoms with Crippen LogP contribution in [0.4, 0.5) is 0 Å². The molecule has 3 N–H and O–H groups in total. The highest BCUT2D eigenvalue weighted by molar-refractivity contribution is 5.94. The smallest absolute Gasteiger partial charge is 0.254 e. The summed E-state index contributed by atoms with van der Waals surface area (Å²) < 4.78 is 0. The maximum atomic E-state index is 13.0. The first kappa shape index (κ1) is 18.4. The summed E-state index contributed by atoms with van der Waals surface area (Å²) in [7, 11) is 0. The van der Waals surface area contributed by atoms with Gasteiger partial charge in [0.15, 0.2) is 0 Å². The number of carbonyl (C=O) groups excluding carboxylic acids is 2. The minimum atomic E-state index is -0.216. The topological polar surface area (TPSA) is 73.5 Å². The molecule has 1 aromatic carbocycles. The number of amides is 2. The van der Waals surface area contributed by atoms with Crippen molar-refractivity contribution in [3.63, 3.8) is 0 Å². The van der Waals surface area contributed by atoms with Gasteiger partial charge in [-0.3, -0.25) is 15.0 Å². The average Bonchev–Trinajstić information content (AvgIpc) is 3.40. The van der Waals surface area contributed by atoms with Crippen LogP contribution in [-0.4, -0.2) is 47.4 Å². The van der Waals surface area contributed by atoms with Crippen LogP contribution in [0.5, 0.6) is 0 Å². The molecule has 2 heterocycles. The lowest BCUT2D eigenvalue weighted by molar-refractivity contribution is -0.123. The summed E-state index contributed by atoms with van der Waals surface area (Å²) in [5, 5.41) is 3.18. The molecule has 3 unspecified atom stereocenters. The van der Waals surface area contributed by atoms with Crippen LogP contribution in [-0.2, 0) is 4.79 Å². The minimum absolute atomic E-state index is 0.0913. The van der Waals surface area contributed by atoms with Crippen LogP contribution >= 0.6 is 0 Å². The van der Waals surface area contributed by atoms with Crippen molar-refractivity contribution in [1.29, 1.82) is 0 Å². The highest BCUT2D eigenvalue weighted by atomic mass is 16.2. The molecule has 2 aliphatic heterocycles. The number of nitrogens with one attached hydrogen (secondary N) is 3. The SMILES string of the molecule is O=C(NC1CCCC1)C1CC(C2CCCCN2C(=O)c2ccccc2)NN1. The third kappa shape index (κ3) is 4.17. The van der Waals surface area contributed by atoms with Crippen molar-refractivity contribution < 1.29 is 9.59 Å². The largest absolute Gasteiger partial charge is 0.352 e. The van der Waals surface area contributed by atoms with Gasteiger partial charge in [-0.2, -0.15) is 0 Å². The normalized spacial score (nSPS) is 29.0. The maximum absolute atomic E-state index is 13.0. The number of carbonyl (C=O) groups is 2. The van der Waals surface area contributed by atoms with Crippen LogP contribution in [0, 0.1) is 0 Å². The van der Waals surface area contributed by atoms with Gasteiger partial charge in [0.05, 0.1) is 0 Å². The van der Waals surface area contributed by atoms with Crippen molar-refractivity contribution >= 4 is 11.8 Å². The van der Waals surface area contributed by atoms with E-state index in [1.807, 2.05) is 35.2 Å². The molecule has 0 bridgehead atoms. The van der Waals surface area contributed by atoms with Crippen molar-refractivity contribution in [2.24, 2.45) is 0 Å². The number of benzene rings is 1. The number of nitrogens with zero attached hydrogens (tertiary/aromatic N) is 1. The van der Waals surface area contributed by atoms with Crippen LogP contribution in [0.3, 0.4) is 0 Å². The first-order chi connectivity index (χ1) is 13.2. The van der Waals surface area contributed by atoms with Gasteiger partial charge < -0.3 is 10.2 Å². The molecule has 146 valence electrons. The molecule has 1 aromatic rings. The average molecular weight is 370 g/mol. The summed E-state index contributed by atoms with van der Waals surface area (Å²) in [6.45, 7) is 0.787. The molecule has 3 fully saturated rings. The zero-order valence-corrected chi connectivity index (χ0v) is 15.8. The fraction of sp³-hybridized carbons (Fsp3) is 0.619. The van der Waals surface area contributed by atoms with Gasteiger partial charge in [0.25, 0.3) is 5.91 Å². The Morgan fingerprint density at radius 2 is 1.70 bits per heavy atom. The molecule has 0 radical (unpaired) electrons. The van der Waals surface area contributed by atoms with Crippen LogP contribution in [0.15, 0.2) is 30.3 Å². The first-order valence-electron chi connectivity index (χ1n) is 10.4. The number of hydrogen-bond donors (Lipinski definition) is 3. The molecule has 6 nitrogen and oxygen atoms in total. The number of likely N-dealkylation sites (tertiary alicyclic amines) is 1. The van der Waals surface area contributed by atoms with Crippen LogP contribution in [0.25, 0.3) is 0 Å². The molecule has 1 saturated carbocycles. The number of piperidine rings is 1. The zero-order chi connectivity index (χ0) is 18.6. The van der Waals surface area contributed by atoms with Gasteiger partial charge in [0.1, 0.15) is 6.04 Å². The van der Waals surface area contributed by atoms with E-state index in [1.54, 1.807) is 0 Å². The van der Waals surface area contributed by atoms with Crippen LogP contribution < -0.4 is 16.2 Å². The highest BCUT2D eigenvalue weighted by Gasteiger charge is 2.39. The Kier molecular flexibility index (Phi) is 5.74. The number of hydrazine groups is 1. The van der Waals surface area contributed by atoms with Gasteiger partial charge in [-0.25, -0.2) is 5.43 Å². The van der Waals surface area contributed by atoms with Crippen LogP contribution in [0.1, 0.15) is 61.7 Å². The molecule has 0 aromatic heterocycles.